The number of benzene rings is 1. The highest BCUT2D eigenvalue weighted by Crippen LogP contribution is 2.24. The molecule has 1 N–H and O–H groups in total. The highest BCUT2D eigenvalue weighted by Gasteiger charge is 2.18. The molecule has 0 saturated heterocycles. The molecule has 3 aromatic rings. The van der Waals surface area contributed by atoms with E-state index in [1.807, 2.05) is 20.8 Å². The first-order valence-corrected chi connectivity index (χ1v) is 8.87. The molecule has 1 unspecified atom stereocenters. The maximum atomic E-state index is 12.4. The minimum Gasteiger partial charge on any atom is -0.345 e. The summed E-state index contributed by atoms with van der Waals surface area (Å²) in [5.41, 5.74) is 1.17. The molecule has 3 rings (SSSR count). The third-order valence-corrected chi connectivity index (χ3v) is 5.20. The number of nitrogens with one attached hydrogen (secondary N) is 1. The van der Waals surface area contributed by atoms with E-state index in [-0.39, 0.29) is 24.1 Å². The van der Waals surface area contributed by atoms with Crippen molar-refractivity contribution in [1.29, 1.82) is 0 Å². The lowest BCUT2D eigenvalue weighted by atomic mass is 10.2. The normalized spacial score (nSPS) is 12.3. The third kappa shape index (κ3) is 3.58. The van der Waals surface area contributed by atoms with Gasteiger partial charge in [0.15, 0.2) is 0 Å². The van der Waals surface area contributed by atoms with E-state index in [9.17, 15) is 9.59 Å². The Bertz CT molecular complexity index is 959. The molecular weight excluding hydrogens is 338 g/mol. The van der Waals surface area contributed by atoms with Gasteiger partial charge in [0.2, 0.25) is 5.91 Å². The van der Waals surface area contributed by atoms with Gasteiger partial charge in [0.25, 0.3) is 5.56 Å². The molecule has 1 atom stereocenters. The smallest absolute Gasteiger partial charge is 0.278 e. The van der Waals surface area contributed by atoms with E-state index in [1.54, 1.807) is 35.6 Å². The topological polar surface area (TPSA) is 89.8 Å². The molecule has 0 aliphatic heterocycles. The molecule has 2 heterocycles. The molecule has 1 amide bonds. The van der Waals surface area contributed by atoms with Gasteiger partial charge >= 0.3 is 0 Å². The molecule has 8 heteroatoms. The molecule has 0 radical (unpaired) electrons. The number of amides is 1. The van der Waals surface area contributed by atoms with Gasteiger partial charge in [-0.1, -0.05) is 24.3 Å². The summed E-state index contributed by atoms with van der Waals surface area (Å²) >= 11 is 1.58. The first-order chi connectivity index (χ1) is 12.0. The Morgan fingerprint density at radius 3 is 2.76 bits per heavy atom. The van der Waals surface area contributed by atoms with E-state index < -0.39 is 0 Å². The van der Waals surface area contributed by atoms with Crippen LogP contribution in [-0.2, 0) is 11.3 Å². The molecule has 0 aliphatic rings. The summed E-state index contributed by atoms with van der Waals surface area (Å²) in [5.74, 6) is -0.288. The standard InChI is InChI=1S/C17H19N5O2S/c1-4-13(16-18-10(2)11(3)25-16)19-15(23)9-22-17(24)12-7-5-6-8-14(12)20-21-22/h5-8,13H,4,9H2,1-3H3,(H,19,23). The van der Waals surface area contributed by atoms with Crippen molar-refractivity contribution in [2.24, 2.45) is 0 Å². The Labute approximate surface area is 148 Å². The van der Waals surface area contributed by atoms with Crippen LogP contribution in [0.25, 0.3) is 10.9 Å². The summed E-state index contributed by atoms with van der Waals surface area (Å²) in [6.45, 7) is 5.78. The Morgan fingerprint density at radius 2 is 2.08 bits per heavy atom. The highest BCUT2D eigenvalue weighted by molar-refractivity contribution is 7.11. The Kier molecular flexibility index (Phi) is 4.89. The van der Waals surface area contributed by atoms with Crippen molar-refractivity contribution in [3.8, 4) is 0 Å². The van der Waals surface area contributed by atoms with Gasteiger partial charge in [-0.2, -0.15) is 0 Å². The molecule has 0 fully saturated rings. The Balaban J connectivity index is 1.78. The summed E-state index contributed by atoms with van der Waals surface area (Å²) < 4.78 is 1.09. The number of hydrogen-bond donors (Lipinski definition) is 1. The first kappa shape index (κ1) is 17.2. The largest absolute Gasteiger partial charge is 0.345 e. The number of rotatable bonds is 5. The van der Waals surface area contributed by atoms with Gasteiger partial charge in [0.1, 0.15) is 17.1 Å². The van der Waals surface area contributed by atoms with E-state index >= 15 is 0 Å². The number of aryl methyl sites for hydroxylation is 2. The zero-order valence-electron chi connectivity index (χ0n) is 14.3. The van der Waals surface area contributed by atoms with Gasteiger partial charge in [-0.25, -0.2) is 9.67 Å². The van der Waals surface area contributed by atoms with Gasteiger partial charge in [0, 0.05) is 4.88 Å². The second-order valence-electron chi connectivity index (χ2n) is 5.79. The highest BCUT2D eigenvalue weighted by atomic mass is 32.1. The van der Waals surface area contributed by atoms with Crippen LogP contribution in [0.2, 0.25) is 0 Å². The lowest BCUT2D eigenvalue weighted by molar-refractivity contribution is -0.122. The summed E-state index contributed by atoms with van der Waals surface area (Å²) in [4.78, 5) is 30.4. The van der Waals surface area contributed by atoms with Crippen molar-refractivity contribution >= 4 is 28.1 Å². The van der Waals surface area contributed by atoms with Crippen molar-refractivity contribution in [2.75, 3.05) is 0 Å². The van der Waals surface area contributed by atoms with Crippen molar-refractivity contribution in [1.82, 2.24) is 25.3 Å². The fraction of sp³-hybridized carbons (Fsp3) is 0.353. The van der Waals surface area contributed by atoms with Gasteiger partial charge in [-0.15, -0.1) is 16.4 Å². The molecule has 0 saturated carbocycles. The zero-order chi connectivity index (χ0) is 18.0. The fourth-order valence-corrected chi connectivity index (χ4v) is 3.55. The summed E-state index contributed by atoms with van der Waals surface area (Å²) in [7, 11) is 0. The van der Waals surface area contributed by atoms with Crippen LogP contribution in [0.1, 0.15) is 35.0 Å². The maximum absolute atomic E-state index is 12.4. The third-order valence-electron chi connectivity index (χ3n) is 4.01. The summed E-state index contributed by atoms with van der Waals surface area (Å²) in [6.07, 6.45) is 0.719. The minimum atomic E-state index is -0.324. The molecule has 0 aliphatic carbocycles. The van der Waals surface area contributed by atoms with E-state index in [0.717, 1.165) is 26.7 Å². The van der Waals surface area contributed by atoms with E-state index in [2.05, 4.69) is 20.6 Å². The minimum absolute atomic E-state index is 0.170. The van der Waals surface area contributed by atoms with E-state index in [4.69, 9.17) is 0 Å². The number of hydrogen-bond acceptors (Lipinski definition) is 6. The maximum Gasteiger partial charge on any atom is 0.278 e. The summed E-state index contributed by atoms with van der Waals surface area (Å²) in [5, 5.41) is 12.1. The monoisotopic (exact) mass is 357 g/mol. The van der Waals surface area contributed by atoms with Crippen molar-refractivity contribution in [2.45, 2.75) is 39.8 Å². The SMILES string of the molecule is CCC(NC(=O)Cn1nnc2ccccc2c1=O)c1nc(C)c(C)s1. The van der Waals surface area contributed by atoms with Gasteiger partial charge in [0.05, 0.1) is 17.1 Å². The number of fused-ring (bicyclic) bond motifs is 1. The van der Waals surface area contributed by atoms with Crippen LogP contribution in [0.4, 0.5) is 0 Å². The number of nitrogens with zero attached hydrogens (tertiary/aromatic N) is 4. The average molecular weight is 357 g/mol. The number of aromatic nitrogens is 4. The van der Waals surface area contributed by atoms with Crippen LogP contribution in [0, 0.1) is 13.8 Å². The van der Waals surface area contributed by atoms with Crippen molar-refractivity contribution in [3.05, 3.63) is 50.2 Å². The zero-order valence-corrected chi connectivity index (χ0v) is 15.1. The average Bonchev–Trinajstić information content (AvgIpc) is 2.94. The van der Waals surface area contributed by atoms with E-state index in [1.165, 1.54) is 0 Å². The molecule has 0 spiro atoms. The summed E-state index contributed by atoms with van der Waals surface area (Å²) in [6, 6.07) is 6.77. The van der Waals surface area contributed by atoms with Crippen LogP contribution >= 0.6 is 11.3 Å². The van der Waals surface area contributed by atoms with Crippen molar-refractivity contribution in [3.63, 3.8) is 0 Å². The Morgan fingerprint density at radius 1 is 1.32 bits per heavy atom. The molecule has 1 aromatic carbocycles. The van der Waals surface area contributed by atoms with Crippen molar-refractivity contribution < 1.29 is 4.79 Å². The second kappa shape index (κ2) is 7.10. The molecule has 25 heavy (non-hydrogen) atoms. The van der Waals surface area contributed by atoms with Crippen LogP contribution in [-0.4, -0.2) is 25.9 Å². The van der Waals surface area contributed by atoms with Crippen LogP contribution in [0.3, 0.4) is 0 Å². The number of carbonyl (C=O) groups is 1. The number of thiazole rings is 1. The number of carbonyl (C=O) groups excluding carboxylic acids is 1. The van der Waals surface area contributed by atoms with Gasteiger partial charge in [-0.05, 0) is 32.4 Å². The predicted octanol–water partition coefficient (Wildman–Crippen LogP) is 2.13. The molecule has 7 nitrogen and oxygen atoms in total. The van der Waals surface area contributed by atoms with Gasteiger partial charge < -0.3 is 5.32 Å². The molecular formula is C17H19N5O2S. The lowest BCUT2D eigenvalue weighted by Gasteiger charge is -2.14. The van der Waals surface area contributed by atoms with Crippen LogP contribution in [0.15, 0.2) is 29.1 Å². The quantitative estimate of drug-likeness (QED) is 0.755. The van der Waals surface area contributed by atoms with Crippen LogP contribution in [0.5, 0.6) is 0 Å². The molecule has 2 aromatic heterocycles. The molecule has 0 bridgehead atoms. The lowest BCUT2D eigenvalue weighted by Crippen LogP contribution is -2.36. The van der Waals surface area contributed by atoms with Gasteiger partial charge in [-0.3, -0.25) is 9.59 Å². The second-order valence-corrected chi connectivity index (χ2v) is 7.03. The fourth-order valence-electron chi connectivity index (χ4n) is 2.49. The van der Waals surface area contributed by atoms with Crippen LogP contribution < -0.4 is 10.9 Å². The predicted molar refractivity (Wildman–Crippen MR) is 96.6 cm³/mol. The molecule has 130 valence electrons. The van der Waals surface area contributed by atoms with E-state index in [0.29, 0.717) is 10.9 Å². The Hall–Kier alpha value is -2.61. The first-order valence-electron chi connectivity index (χ1n) is 8.05.